The van der Waals surface area contributed by atoms with Gasteiger partial charge in [0.1, 0.15) is 12.2 Å². The summed E-state index contributed by atoms with van der Waals surface area (Å²) in [6.07, 6.45) is 1.33. The summed E-state index contributed by atoms with van der Waals surface area (Å²) in [5.74, 6) is 0.0408. The fraction of sp³-hybridized carbons (Fsp3) is 0.250. The zero-order chi connectivity index (χ0) is 15.4. The van der Waals surface area contributed by atoms with Crippen LogP contribution in [0.1, 0.15) is 16.2 Å². The van der Waals surface area contributed by atoms with Crippen molar-refractivity contribution in [1.29, 1.82) is 0 Å². The van der Waals surface area contributed by atoms with Gasteiger partial charge in [0.25, 0.3) is 5.91 Å². The zero-order valence-electron chi connectivity index (χ0n) is 11.4. The summed E-state index contributed by atoms with van der Waals surface area (Å²) in [6.45, 7) is 0.199. The van der Waals surface area contributed by atoms with Crippen molar-refractivity contribution < 1.29 is 14.5 Å². The standard InChI is InChI=1S/C12H13N5O4/c1-16(6-10-13-7-14-15-10)12(18)8-4-3-5-9(17(19)20)11(8)21-2/h3-5,7H,6H2,1-2H3,(H,13,14,15). The lowest BCUT2D eigenvalue weighted by molar-refractivity contribution is -0.385. The molecule has 0 bridgehead atoms. The molecule has 0 aliphatic carbocycles. The average Bonchev–Trinajstić information content (AvgIpc) is 2.98. The van der Waals surface area contributed by atoms with E-state index >= 15 is 0 Å². The quantitative estimate of drug-likeness (QED) is 0.649. The number of nitro groups is 1. The van der Waals surface area contributed by atoms with Crippen LogP contribution in [0.3, 0.4) is 0 Å². The predicted octanol–water partition coefficient (Wildman–Crippen LogP) is 0.994. The molecule has 0 spiro atoms. The second kappa shape index (κ2) is 5.99. The largest absolute Gasteiger partial charge is 0.490 e. The molecule has 0 saturated carbocycles. The Labute approximate surface area is 119 Å². The third kappa shape index (κ3) is 2.96. The Morgan fingerprint density at radius 2 is 2.29 bits per heavy atom. The molecule has 2 aromatic rings. The van der Waals surface area contributed by atoms with Crippen LogP contribution < -0.4 is 4.74 Å². The lowest BCUT2D eigenvalue weighted by Gasteiger charge is -2.17. The van der Waals surface area contributed by atoms with Crippen LogP contribution in [-0.2, 0) is 6.54 Å². The summed E-state index contributed by atoms with van der Waals surface area (Å²) in [4.78, 5) is 28.0. The fourth-order valence-electron chi connectivity index (χ4n) is 1.86. The van der Waals surface area contributed by atoms with Crippen molar-refractivity contribution in [3.05, 3.63) is 46.0 Å². The molecule has 0 saturated heterocycles. The van der Waals surface area contributed by atoms with Crippen LogP contribution >= 0.6 is 0 Å². The Hall–Kier alpha value is -2.97. The van der Waals surface area contributed by atoms with E-state index in [0.717, 1.165) is 0 Å². The Morgan fingerprint density at radius 1 is 1.52 bits per heavy atom. The van der Waals surface area contributed by atoms with E-state index in [1.807, 2.05) is 0 Å². The van der Waals surface area contributed by atoms with Gasteiger partial charge < -0.3 is 9.64 Å². The van der Waals surface area contributed by atoms with E-state index in [1.54, 1.807) is 7.05 Å². The van der Waals surface area contributed by atoms with Gasteiger partial charge in [0.2, 0.25) is 5.75 Å². The fourth-order valence-corrected chi connectivity index (χ4v) is 1.86. The first-order valence-electron chi connectivity index (χ1n) is 5.95. The number of carbonyl (C=O) groups is 1. The van der Waals surface area contributed by atoms with Crippen LogP contribution in [0.2, 0.25) is 0 Å². The van der Waals surface area contributed by atoms with Gasteiger partial charge in [0, 0.05) is 13.1 Å². The molecule has 1 aromatic carbocycles. The van der Waals surface area contributed by atoms with Crippen molar-refractivity contribution in [2.45, 2.75) is 6.54 Å². The number of nitro benzene ring substituents is 1. The summed E-state index contributed by atoms with van der Waals surface area (Å²) in [5, 5.41) is 17.3. The highest BCUT2D eigenvalue weighted by Gasteiger charge is 2.24. The van der Waals surface area contributed by atoms with E-state index in [4.69, 9.17) is 4.74 Å². The molecule has 0 unspecified atom stereocenters. The van der Waals surface area contributed by atoms with Crippen LogP contribution in [0, 0.1) is 10.1 Å². The molecule has 0 radical (unpaired) electrons. The third-order valence-electron chi connectivity index (χ3n) is 2.82. The second-order valence-corrected chi connectivity index (χ2v) is 4.21. The van der Waals surface area contributed by atoms with E-state index in [2.05, 4.69) is 15.2 Å². The number of rotatable bonds is 5. The molecular formula is C12H13N5O4. The molecule has 1 amide bonds. The molecule has 1 heterocycles. The van der Waals surface area contributed by atoms with E-state index in [1.165, 1.54) is 36.5 Å². The predicted molar refractivity (Wildman–Crippen MR) is 71.8 cm³/mol. The number of H-pyrrole nitrogens is 1. The molecule has 21 heavy (non-hydrogen) atoms. The molecule has 0 fully saturated rings. The van der Waals surface area contributed by atoms with E-state index in [-0.39, 0.29) is 23.5 Å². The number of nitrogens with one attached hydrogen (secondary N) is 1. The van der Waals surface area contributed by atoms with Crippen molar-refractivity contribution >= 4 is 11.6 Å². The minimum atomic E-state index is -0.591. The molecule has 0 aliphatic heterocycles. The first-order valence-corrected chi connectivity index (χ1v) is 5.95. The van der Waals surface area contributed by atoms with Crippen molar-refractivity contribution in [2.24, 2.45) is 0 Å². The second-order valence-electron chi connectivity index (χ2n) is 4.21. The molecule has 0 aliphatic rings. The van der Waals surface area contributed by atoms with E-state index in [0.29, 0.717) is 5.82 Å². The molecule has 9 heteroatoms. The number of aromatic amines is 1. The smallest absolute Gasteiger partial charge is 0.311 e. The highest BCUT2D eigenvalue weighted by atomic mass is 16.6. The molecule has 110 valence electrons. The number of para-hydroxylation sites is 1. The lowest BCUT2D eigenvalue weighted by Crippen LogP contribution is -2.27. The number of hydrogen-bond donors (Lipinski definition) is 1. The van der Waals surface area contributed by atoms with Gasteiger partial charge in [-0.05, 0) is 6.07 Å². The lowest BCUT2D eigenvalue weighted by atomic mass is 10.1. The van der Waals surface area contributed by atoms with E-state index < -0.39 is 10.8 Å². The van der Waals surface area contributed by atoms with Gasteiger partial charge in [0.15, 0.2) is 0 Å². The number of amides is 1. The summed E-state index contributed by atoms with van der Waals surface area (Å²) in [6, 6.07) is 4.20. The van der Waals surface area contributed by atoms with Gasteiger partial charge in [0.05, 0.1) is 24.1 Å². The topological polar surface area (TPSA) is 114 Å². The zero-order valence-corrected chi connectivity index (χ0v) is 11.4. The third-order valence-corrected chi connectivity index (χ3v) is 2.82. The Kier molecular flexibility index (Phi) is 4.12. The minimum absolute atomic E-state index is 0.0584. The Morgan fingerprint density at radius 3 is 2.86 bits per heavy atom. The number of ether oxygens (including phenoxy) is 1. The first-order chi connectivity index (χ1) is 10.0. The highest BCUT2D eigenvalue weighted by Crippen LogP contribution is 2.31. The number of methoxy groups -OCH3 is 1. The van der Waals surface area contributed by atoms with Gasteiger partial charge >= 0.3 is 5.69 Å². The molecule has 2 rings (SSSR count). The van der Waals surface area contributed by atoms with Crippen LogP contribution in [0.25, 0.3) is 0 Å². The maximum atomic E-state index is 12.4. The van der Waals surface area contributed by atoms with Crippen LogP contribution in [0.4, 0.5) is 5.69 Å². The molecule has 1 aromatic heterocycles. The molecular weight excluding hydrogens is 278 g/mol. The molecule has 9 nitrogen and oxygen atoms in total. The molecule has 1 N–H and O–H groups in total. The van der Waals surface area contributed by atoms with Gasteiger partial charge in [-0.2, -0.15) is 5.10 Å². The van der Waals surface area contributed by atoms with Gasteiger partial charge in [-0.1, -0.05) is 6.07 Å². The normalized spacial score (nSPS) is 10.2. The first kappa shape index (κ1) is 14.4. The monoisotopic (exact) mass is 291 g/mol. The number of carbonyl (C=O) groups excluding carboxylic acids is 1. The number of hydrogen-bond acceptors (Lipinski definition) is 6. The Balaban J connectivity index is 2.30. The summed E-state index contributed by atoms with van der Waals surface area (Å²) in [5.41, 5.74) is -0.134. The number of benzene rings is 1. The minimum Gasteiger partial charge on any atom is -0.490 e. The summed E-state index contributed by atoms with van der Waals surface area (Å²) < 4.78 is 5.02. The van der Waals surface area contributed by atoms with E-state index in [9.17, 15) is 14.9 Å². The summed E-state index contributed by atoms with van der Waals surface area (Å²) >= 11 is 0. The van der Waals surface area contributed by atoms with Crippen LogP contribution in [0.15, 0.2) is 24.5 Å². The SMILES string of the molecule is COc1c(C(=O)N(C)Cc2ncn[nH]2)cccc1[N+](=O)[O-]. The van der Waals surface area contributed by atoms with Crippen molar-refractivity contribution in [1.82, 2.24) is 20.1 Å². The number of aromatic nitrogens is 3. The van der Waals surface area contributed by atoms with Gasteiger partial charge in [-0.25, -0.2) is 4.98 Å². The average molecular weight is 291 g/mol. The van der Waals surface area contributed by atoms with Crippen molar-refractivity contribution in [2.75, 3.05) is 14.2 Å². The van der Waals surface area contributed by atoms with Crippen LogP contribution in [0.5, 0.6) is 5.75 Å². The highest BCUT2D eigenvalue weighted by molar-refractivity contribution is 5.98. The Bertz CT molecular complexity index is 656. The maximum absolute atomic E-state index is 12.4. The van der Waals surface area contributed by atoms with Crippen molar-refractivity contribution in [3.63, 3.8) is 0 Å². The van der Waals surface area contributed by atoms with Crippen molar-refractivity contribution in [3.8, 4) is 5.75 Å². The summed E-state index contributed by atoms with van der Waals surface area (Å²) in [7, 11) is 2.85. The maximum Gasteiger partial charge on any atom is 0.311 e. The van der Waals surface area contributed by atoms with Gasteiger partial charge in [-0.3, -0.25) is 20.0 Å². The molecule has 0 atom stereocenters. The van der Waals surface area contributed by atoms with Gasteiger partial charge in [-0.15, -0.1) is 0 Å². The number of nitrogens with zero attached hydrogens (tertiary/aromatic N) is 4. The van der Waals surface area contributed by atoms with Crippen LogP contribution in [-0.4, -0.2) is 45.1 Å².